The van der Waals surface area contributed by atoms with Crippen LogP contribution >= 0.6 is 0 Å². The van der Waals surface area contributed by atoms with Crippen molar-refractivity contribution in [2.75, 3.05) is 26.2 Å². The van der Waals surface area contributed by atoms with Crippen LogP contribution in [-0.2, 0) is 6.54 Å². The van der Waals surface area contributed by atoms with Gasteiger partial charge in [-0.25, -0.2) is 4.98 Å². The molecule has 2 saturated heterocycles. The number of likely N-dealkylation sites (tertiary alicyclic amines) is 2. The Bertz CT molecular complexity index is 990. The summed E-state index contributed by atoms with van der Waals surface area (Å²) in [5.74, 6) is -0.0488. The van der Waals surface area contributed by atoms with Crippen LogP contribution in [-0.4, -0.2) is 62.6 Å². The molecule has 2 fully saturated rings. The van der Waals surface area contributed by atoms with Crippen LogP contribution in [0.1, 0.15) is 35.2 Å². The van der Waals surface area contributed by atoms with Gasteiger partial charge in [-0.1, -0.05) is 12.1 Å². The Hall–Kier alpha value is -2.90. The SMILES string of the molecule is O=C(c1ccoc1)N1CC(O)CC2(CCN(Cc3ccc(-n4ccnc4)cc3)CC2)C1. The van der Waals surface area contributed by atoms with E-state index in [1.54, 1.807) is 18.6 Å². The highest BCUT2D eigenvalue weighted by Gasteiger charge is 2.43. The number of amides is 1. The smallest absolute Gasteiger partial charge is 0.257 e. The predicted molar refractivity (Wildman–Crippen MR) is 116 cm³/mol. The Morgan fingerprint density at radius 1 is 1.19 bits per heavy atom. The standard InChI is InChI=1S/C24H28N4O3/c29-22-13-24(17-28(15-22)23(30)20-5-12-31-16-20)6-9-26(10-7-24)14-19-1-3-21(4-2-19)27-11-8-25-18-27/h1-5,8,11-12,16,18,22,29H,6-7,9-10,13-15,17H2. The van der Waals surface area contributed by atoms with E-state index >= 15 is 0 Å². The van der Waals surface area contributed by atoms with Gasteiger partial charge in [0.15, 0.2) is 0 Å². The number of aliphatic hydroxyl groups is 1. The van der Waals surface area contributed by atoms with E-state index < -0.39 is 6.10 Å². The van der Waals surface area contributed by atoms with E-state index in [0.29, 0.717) is 18.7 Å². The summed E-state index contributed by atoms with van der Waals surface area (Å²) in [4.78, 5) is 21.2. The van der Waals surface area contributed by atoms with E-state index in [4.69, 9.17) is 4.42 Å². The highest BCUT2D eigenvalue weighted by Crippen LogP contribution is 2.40. The van der Waals surface area contributed by atoms with Crippen LogP contribution in [0.5, 0.6) is 0 Å². The quantitative estimate of drug-likeness (QED) is 0.702. The molecule has 1 atom stereocenters. The van der Waals surface area contributed by atoms with Crippen molar-refractivity contribution in [1.82, 2.24) is 19.4 Å². The first-order valence-electron chi connectivity index (χ1n) is 10.9. The van der Waals surface area contributed by atoms with Gasteiger partial charge in [0.05, 0.1) is 24.3 Å². The lowest BCUT2D eigenvalue weighted by molar-refractivity contribution is -0.0337. The van der Waals surface area contributed by atoms with Gasteiger partial charge in [0, 0.05) is 37.7 Å². The number of carbonyl (C=O) groups excluding carboxylic acids is 1. The molecule has 162 valence electrons. The van der Waals surface area contributed by atoms with Crippen LogP contribution < -0.4 is 0 Å². The van der Waals surface area contributed by atoms with Crippen LogP contribution in [0.3, 0.4) is 0 Å². The number of hydrogen-bond acceptors (Lipinski definition) is 5. The molecule has 1 spiro atoms. The van der Waals surface area contributed by atoms with Gasteiger partial charge in [0.2, 0.25) is 0 Å². The first-order valence-corrected chi connectivity index (χ1v) is 10.9. The average Bonchev–Trinajstić information content (AvgIpc) is 3.50. The molecule has 3 aromatic rings. The summed E-state index contributed by atoms with van der Waals surface area (Å²) < 4.78 is 7.07. The second-order valence-corrected chi connectivity index (χ2v) is 8.97. The van der Waals surface area contributed by atoms with E-state index in [2.05, 4.69) is 34.1 Å². The molecular formula is C24H28N4O3. The minimum absolute atomic E-state index is 0.00115. The molecule has 1 aromatic carbocycles. The van der Waals surface area contributed by atoms with Crippen LogP contribution in [0.2, 0.25) is 0 Å². The number of hydrogen-bond donors (Lipinski definition) is 1. The van der Waals surface area contributed by atoms with E-state index in [1.165, 1.54) is 18.1 Å². The van der Waals surface area contributed by atoms with Gasteiger partial charge in [0.1, 0.15) is 6.26 Å². The van der Waals surface area contributed by atoms with Crippen molar-refractivity contribution in [2.24, 2.45) is 5.41 Å². The molecule has 4 heterocycles. The maximum Gasteiger partial charge on any atom is 0.257 e. The van der Waals surface area contributed by atoms with Gasteiger partial charge in [-0.05, 0) is 61.5 Å². The number of furan rings is 1. The number of nitrogens with zero attached hydrogens (tertiary/aromatic N) is 4. The Balaban J connectivity index is 1.19. The first kappa shape index (κ1) is 20.0. The summed E-state index contributed by atoms with van der Waals surface area (Å²) in [5.41, 5.74) is 2.96. The number of β-amino-alcohol motifs (C(OH)–C–C–N with tert-alkyl or cyclic N) is 1. The zero-order valence-electron chi connectivity index (χ0n) is 17.6. The average molecular weight is 421 g/mol. The largest absolute Gasteiger partial charge is 0.472 e. The fourth-order valence-electron chi connectivity index (χ4n) is 5.07. The maximum absolute atomic E-state index is 12.8. The second-order valence-electron chi connectivity index (χ2n) is 8.97. The summed E-state index contributed by atoms with van der Waals surface area (Å²) in [6, 6.07) is 10.3. The van der Waals surface area contributed by atoms with Crippen molar-refractivity contribution in [2.45, 2.75) is 31.9 Å². The molecule has 31 heavy (non-hydrogen) atoms. The summed E-state index contributed by atoms with van der Waals surface area (Å²) in [6.45, 7) is 3.98. The maximum atomic E-state index is 12.8. The van der Waals surface area contributed by atoms with Crippen molar-refractivity contribution in [3.8, 4) is 5.69 Å². The van der Waals surface area contributed by atoms with Crippen molar-refractivity contribution >= 4 is 5.91 Å². The third kappa shape index (κ3) is 4.29. The minimum Gasteiger partial charge on any atom is -0.472 e. The molecule has 0 bridgehead atoms. The lowest BCUT2D eigenvalue weighted by Crippen LogP contribution is -2.55. The highest BCUT2D eigenvalue weighted by atomic mass is 16.3. The third-order valence-electron chi connectivity index (χ3n) is 6.74. The molecule has 0 radical (unpaired) electrons. The molecule has 0 saturated carbocycles. The minimum atomic E-state index is -0.466. The van der Waals surface area contributed by atoms with Gasteiger partial charge in [-0.15, -0.1) is 0 Å². The van der Waals surface area contributed by atoms with Crippen molar-refractivity contribution in [1.29, 1.82) is 0 Å². The molecule has 2 aliphatic heterocycles. The number of aliphatic hydroxyl groups excluding tert-OH is 1. The summed E-state index contributed by atoms with van der Waals surface area (Å²) in [7, 11) is 0. The first-order chi connectivity index (χ1) is 15.1. The molecule has 1 N–H and O–H groups in total. The van der Waals surface area contributed by atoms with Crippen molar-refractivity contribution in [3.63, 3.8) is 0 Å². The number of aromatic nitrogens is 2. The molecule has 7 nitrogen and oxygen atoms in total. The Morgan fingerprint density at radius 2 is 2.00 bits per heavy atom. The van der Waals surface area contributed by atoms with Crippen molar-refractivity contribution in [3.05, 3.63) is 72.7 Å². The highest BCUT2D eigenvalue weighted by molar-refractivity contribution is 5.94. The number of benzene rings is 1. The molecule has 5 rings (SSSR count). The van der Waals surface area contributed by atoms with Gasteiger partial charge < -0.3 is 19.0 Å². The van der Waals surface area contributed by atoms with Crippen molar-refractivity contribution < 1.29 is 14.3 Å². The zero-order chi connectivity index (χ0) is 21.3. The van der Waals surface area contributed by atoms with Crippen LogP contribution in [0, 0.1) is 5.41 Å². The Labute approximate surface area is 181 Å². The molecule has 1 amide bonds. The molecule has 7 heteroatoms. The van der Waals surface area contributed by atoms with Gasteiger partial charge in [0.25, 0.3) is 5.91 Å². The van der Waals surface area contributed by atoms with E-state index in [9.17, 15) is 9.90 Å². The third-order valence-corrected chi connectivity index (χ3v) is 6.74. The monoisotopic (exact) mass is 420 g/mol. The topological polar surface area (TPSA) is 74.7 Å². The van der Waals surface area contributed by atoms with E-state index in [-0.39, 0.29) is 11.3 Å². The number of carbonyl (C=O) groups is 1. The second kappa shape index (κ2) is 8.32. The van der Waals surface area contributed by atoms with Crippen LogP contribution in [0.15, 0.2) is 66.0 Å². The Morgan fingerprint density at radius 3 is 2.68 bits per heavy atom. The number of rotatable bonds is 4. The summed E-state index contributed by atoms with van der Waals surface area (Å²) in [5, 5.41) is 10.5. The number of imidazole rings is 1. The fourth-order valence-corrected chi connectivity index (χ4v) is 5.07. The lowest BCUT2D eigenvalue weighted by atomic mass is 9.71. The number of piperidine rings is 2. The Kier molecular flexibility index (Phi) is 5.38. The van der Waals surface area contributed by atoms with E-state index in [0.717, 1.165) is 44.6 Å². The van der Waals surface area contributed by atoms with Gasteiger partial charge in [-0.2, -0.15) is 0 Å². The molecular weight excluding hydrogens is 392 g/mol. The molecule has 2 aliphatic rings. The van der Waals surface area contributed by atoms with Gasteiger partial charge in [-0.3, -0.25) is 9.69 Å². The zero-order valence-corrected chi connectivity index (χ0v) is 17.6. The fraction of sp³-hybridized carbons (Fsp3) is 0.417. The summed E-state index contributed by atoms with van der Waals surface area (Å²) >= 11 is 0. The molecule has 2 aromatic heterocycles. The normalized spacial score (nSPS) is 21.5. The van der Waals surface area contributed by atoms with Gasteiger partial charge >= 0.3 is 0 Å². The predicted octanol–water partition coefficient (Wildman–Crippen LogP) is 2.95. The summed E-state index contributed by atoms with van der Waals surface area (Å²) in [6.07, 6.45) is 10.8. The molecule has 0 aliphatic carbocycles. The lowest BCUT2D eigenvalue weighted by Gasteiger charge is -2.49. The van der Waals surface area contributed by atoms with Crippen LogP contribution in [0.25, 0.3) is 5.69 Å². The molecule has 1 unspecified atom stereocenters. The van der Waals surface area contributed by atoms with Crippen LogP contribution in [0.4, 0.5) is 0 Å². The van der Waals surface area contributed by atoms with E-state index in [1.807, 2.05) is 15.7 Å².